The first-order valence-electron chi connectivity index (χ1n) is 5.88. The molecule has 0 amide bonds. The van der Waals surface area contributed by atoms with E-state index in [9.17, 15) is 13.9 Å². The van der Waals surface area contributed by atoms with Gasteiger partial charge in [0, 0.05) is 5.39 Å². The minimum atomic E-state index is -1.53. The maximum atomic E-state index is 13.7. The lowest BCUT2D eigenvalue weighted by Crippen LogP contribution is -2.04. The van der Waals surface area contributed by atoms with Crippen molar-refractivity contribution in [3.05, 3.63) is 70.4 Å². The number of furan rings is 1. The number of aliphatic hydroxyl groups is 1. The molecule has 3 rings (SSSR count). The summed E-state index contributed by atoms with van der Waals surface area (Å²) in [6, 6.07) is 9.99. The van der Waals surface area contributed by atoms with Crippen LogP contribution in [0.1, 0.15) is 17.4 Å². The number of hydrogen-bond donors (Lipinski definition) is 1. The van der Waals surface area contributed by atoms with Crippen LogP contribution < -0.4 is 0 Å². The minimum absolute atomic E-state index is 0.0390. The van der Waals surface area contributed by atoms with Crippen LogP contribution in [0.4, 0.5) is 8.78 Å². The van der Waals surface area contributed by atoms with Crippen LogP contribution in [0.5, 0.6) is 0 Å². The molecule has 1 N–H and O–H groups in total. The summed E-state index contributed by atoms with van der Waals surface area (Å²) in [5.41, 5.74) is -0.0670. The van der Waals surface area contributed by atoms with Crippen molar-refractivity contribution >= 4 is 22.6 Å². The highest BCUT2D eigenvalue weighted by molar-refractivity contribution is 6.34. The monoisotopic (exact) mass is 294 g/mol. The summed E-state index contributed by atoms with van der Waals surface area (Å²) < 4.78 is 32.7. The van der Waals surface area contributed by atoms with Gasteiger partial charge in [-0.3, -0.25) is 0 Å². The molecule has 102 valence electrons. The molecule has 5 heteroatoms. The van der Waals surface area contributed by atoms with Crippen molar-refractivity contribution in [3.8, 4) is 0 Å². The molecule has 0 saturated heterocycles. The Bertz CT molecular complexity index is 762. The number of benzene rings is 2. The van der Waals surface area contributed by atoms with E-state index in [2.05, 4.69) is 0 Å². The van der Waals surface area contributed by atoms with Crippen LogP contribution in [0.3, 0.4) is 0 Å². The van der Waals surface area contributed by atoms with E-state index in [4.69, 9.17) is 16.0 Å². The van der Waals surface area contributed by atoms with E-state index in [1.165, 1.54) is 12.1 Å². The Morgan fingerprint density at radius 1 is 1.05 bits per heavy atom. The van der Waals surface area contributed by atoms with Crippen molar-refractivity contribution in [3.63, 3.8) is 0 Å². The van der Waals surface area contributed by atoms with Crippen LogP contribution in [0.2, 0.25) is 5.02 Å². The van der Waals surface area contributed by atoms with Gasteiger partial charge in [0.25, 0.3) is 0 Å². The van der Waals surface area contributed by atoms with Crippen molar-refractivity contribution in [2.75, 3.05) is 0 Å². The van der Waals surface area contributed by atoms with E-state index < -0.39 is 23.3 Å². The molecule has 0 radical (unpaired) electrons. The zero-order chi connectivity index (χ0) is 14.3. The van der Waals surface area contributed by atoms with E-state index in [-0.39, 0.29) is 5.76 Å². The molecule has 0 bridgehead atoms. The molecule has 1 heterocycles. The summed E-state index contributed by atoms with van der Waals surface area (Å²) >= 11 is 5.96. The highest BCUT2D eigenvalue weighted by Crippen LogP contribution is 2.33. The van der Waals surface area contributed by atoms with E-state index in [1.807, 2.05) is 0 Å². The van der Waals surface area contributed by atoms with Gasteiger partial charge in [0.05, 0.1) is 10.6 Å². The number of fused-ring (bicyclic) bond motifs is 1. The largest absolute Gasteiger partial charge is 0.456 e. The highest BCUT2D eigenvalue weighted by atomic mass is 35.5. The fraction of sp³-hybridized carbons (Fsp3) is 0.0667. The molecule has 1 unspecified atom stereocenters. The van der Waals surface area contributed by atoms with Crippen molar-refractivity contribution in [1.29, 1.82) is 0 Å². The molecule has 1 aromatic heterocycles. The predicted octanol–water partition coefficient (Wildman–Crippen LogP) is 4.45. The molecular weight excluding hydrogens is 286 g/mol. The van der Waals surface area contributed by atoms with Crippen LogP contribution in [0, 0.1) is 11.6 Å². The van der Waals surface area contributed by atoms with Gasteiger partial charge in [-0.15, -0.1) is 0 Å². The van der Waals surface area contributed by atoms with E-state index in [0.29, 0.717) is 16.0 Å². The average molecular weight is 295 g/mol. The van der Waals surface area contributed by atoms with Gasteiger partial charge in [-0.2, -0.15) is 0 Å². The lowest BCUT2D eigenvalue weighted by atomic mass is 10.1. The van der Waals surface area contributed by atoms with Gasteiger partial charge < -0.3 is 9.52 Å². The number of rotatable bonds is 2. The Morgan fingerprint density at radius 3 is 2.35 bits per heavy atom. The smallest absolute Gasteiger partial charge is 0.153 e. The highest BCUT2D eigenvalue weighted by Gasteiger charge is 2.23. The predicted molar refractivity (Wildman–Crippen MR) is 71.6 cm³/mol. The Labute approximate surface area is 118 Å². The zero-order valence-electron chi connectivity index (χ0n) is 10.1. The molecule has 20 heavy (non-hydrogen) atoms. The molecule has 0 fully saturated rings. The first-order valence-corrected chi connectivity index (χ1v) is 6.25. The molecule has 0 aliphatic carbocycles. The maximum absolute atomic E-state index is 13.7. The van der Waals surface area contributed by atoms with E-state index in [1.54, 1.807) is 18.2 Å². The van der Waals surface area contributed by atoms with Crippen molar-refractivity contribution < 1.29 is 18.3 Å². The molecule has 0 aliphatic heterocycles. The number of aliphatic hydroxyl groups excluding tert-OH is 1. The average Bonchev–Trinajstić information content (AvgIpc) is 2.84. The molecule has 2 nitrogen and oxygen atoms in total. The lowest BCUT2D eigenvalue weighted by molar-refractivity contribution is 0.182. The maximum Gasteiger partial charge on any atom is 0.153 e. The first-order chi connectivity index (χ1) is 9.58. The van der Waals surface area contributed by atoms with Crippen LogP contribution in [-0.4, -0.2) is 5.11 Å². The molecule has 3 aromatic rings. The minimum Gasteiger partial charge on any atom is -0.456 e. The molecule has 0 saturated carbocycles. The van der Waals surface area contributed by atoms with E-state index in [0.717, 1.165) is 12.1 Å². The van der Waals surface area contributed by atoms with Gasteiger partial charge in [0.1, 0.15) is 23.5 Å². The fourth-order valence-corrected chi connectivity index (χ4v) is 2.32. The summed E-state index contributed by atoms with van der Waals surface area (Å²) in [5.74, 6) is -1.62. The van der Waals surface area contributed by atoms with Crippen LogP contribution in [0.25, 0.3) is 11.0 Å². The van der Waals surface area contributed by atoms with Crippen molar-refractivity contribution in [1.82, 2.24) is 0 Å². The Kier molecular flexibility index (Phi) is 3.20. The summed E-state index contributed by atoms with van der Waals surface area (Å²) in [4.78, 5) is 0. The Hall–Kier alpha value is -1.91. The number of hydrogen-bond acceptors (Lipinski definition) is 2. The van der Waals surface area contributed by atoms with Gasteiger partial charge in [-0.05, 0) is 24.3 Å². The first kappa shape index (κ1) is 13.1. The zero-order valence-corrected chi connectivity index (χ0v) is 10.9. The normalized spacial score (nSPS) is 12.8. The summed E-state index contributed by atoms with van der Waals surface area (Å²) in [6.45, 7) is 0. The SMILES string of the molecule is OC(c1cc2cccc(Cl)c2o1)c1c(F)cccc1F. The van der Waals surface area contributed by atoms with Gasteiger partial charge in [0.15, 0.2) is 5.58 Å². The third-order valence-electron chi connectivity index (χ3n) is 3.06. The fourth-order valence-electron chi connectivity index (χ4n) is 2.10. The topological polar surface area (TPSA) is 33.4 Å². The van der Waals surface area contributed by atoms with Crippen LogP contribution in [0.15, 0.2) is 46.9 Å². The van der Waals surface area contributed by atoms with Gasteiger partial charge in [0.2, 0.25) is 0 Å². The second-order valence-electron chi connectivity index (χ2n) is 4.34. The summed E-state index contributed by atoms with van der Waals surface area (Å²) in [5, 5.41) is 11.2. The second-order valence-corrected chi connectivity index (χ2v) is 4.75. The molecule has 2 aromatic carbocycles. The standard InChI is InChI=1S/C15H9ClF2O2/c16-9-4-1-3-8-7-12(20-15(8)9)14(19)13-10(17)5-2-6-11(13)18/h1-7,14,19H. The molecule has 0 aliphatic rings. The molecular formula is C15H9ClF2O2. The summed E-state index contributed by atoms with van der Waals surface area (Å²) in [7, 11) is 0. The quantitative estimate of drug-likeness (QED) is 0.757. The van der Waals surface area contributed by atoms with Crippen molar-refractivity contribution in [2.45, 2.75) is 6.10 Å². The lowest BCUT2D eigenvalue weighted by Gasteiger charge is -2.10. The Balaban J connectivity index is 2.13. The Morgan fingerprint density at radius 2 is 1.70 bits per heavy atom. The van der Waals surface area contributed by atoms with Crippen LogP contribution in [-0.2, 0) is 0 Å². The van der Waals surface area contributed by atoms with Crippen molar-refractivity contribution in [2.24, 2.45) is 0 Å². The van der Waals surface area contributed by atoms with Gasteiger partial charge >= 0.3 is 0 Å². The number of halogens is 3. The third kappa shape index (κ3) is 2.07. The number of para-hydroxylation sites is 1. The van der Waals surface area contributed by atoms with E-state index >= 15 is 0 Å². The summed E-state index contributed by atoms with van der Waals surface area (Å²) in [6.07, 6.45) is -1.53. The van der Waals surface area contributed by atoms with Gasteiger partial charge in [-0.1, -0.05) is 29.8 Å². The van der Waals surface area contributed by atoms with Gasteiger partial charge in [-0.25, -0.2) is 8.78 Å². The van der Waals surface area contributed by atoms with Crippen LogP contribution >= 0.6 is 11.6 Å². The molecule has 0 spiro atoms. The third-order valence-corrected chi connectivity index (χ3v) is 3.36. The second kappa shape index (κ2) is 4.89. The molecule has 1 atom stereocenters.